The van der Waals surface area contributed by atoms with Crippen molar-refractivity contribution in [3.63, 3.8) is 0 Å². The zero-order chi connectivity index (χ0) is 20.1. The van der Waals surface area contributed by atoms with Crippen LogP contribution in [-0.4, -0.2) is 26.9 Å². The molecule has 1 amide bonds. The summed E-state index contributed by atoms with van der Waals surface area (Å²) >= 11 is 0. The molecule has 0 unspecified atom stereocenters. The Hall–Kier alpha value is -3.41. The van der Waals surface area contributed by atoms with E-state index in [0.717, 1.165) is 17.5 Å². The predicted molar refractivity (Wildman–Crippen MR) is 110 cm³/mol. The van der Waals surface area contributed by atoms with Gasteiger partial charge in [-0.25, -0.2) is 5.43 Å². The summed E-state index contributed by atoms with van der Waals surface area (Å²) in [6, 6.07) is 16.5. The van der Waals surface area contributed by atoms with Crippen LogP contribution in [0.25, 0.3) is 11.3 Å². The number of rotatable bonds is 6. The van der Waals surface area contributed by atoms with Gasteiger partial charge in [-0.1, -0.05) is 38.1 Å². The van der Waals surface area contributed by atoms with Gasteiger partial charge >= 0.3 is 0 Å². The first-order chi connectivity index (χ1) is 13.4. The maximum atomic E-state index is 12.3. The lowest BCUT2D eigenvalue weighted by Crippen LogP contribution is -2.19. The van der Waals surface area contributed by atoms with Gasteiger partial charge in [0.05, 0.1) is 11.4 Å². The summed E-state index contributed by atoms with van der Waals surface area (Å²) in [6.07, 6.45) is 1.03. The number of carbonyl (C=O) groups is 1. The number of hydrogen-bond acceptors (Lipinski definition) is 4. The molecule has 0 atom stereocenters. The van der Waals surface area contributed by atoms with E-state index in [1.54, 1.807) is 37.3 Å². The largest absolute Gasteiger partial charge is 0.508 e. The second-order valence-electron chi connectivity index (χ2n) is 7.15. The fourth-order valence-electron chi connectivity index (χ4n) is 2.83. The monoisotopic (exact) mass is 376 g/mol. The molecule has 28 heavy (non-hydrogen) atoms. The molecule has 0 bridgehead atoms. The third-order valence-electron chi connectivity index (χ3n) is 4.33. The molecule has 0 aliphatic carbocycles. The van der Waals surface area contributed by atoms with Crippen LogP contribution < -0.4 is 5.43 Å². The number of carbonyl (C=O) groups excluding carboxylic acids is 1. The lowest BCUT2D eigenvalue weighted by molar-refractivity contribution is 0.0950. The lowest BCUT2D eigenvalue weighted by Gasteiger charge is -2.05. The molecule has 6 heteroatoms. The van der Waals surface area contributed by atoms with Gasteiger partial charge in [0.2, 0.25) is 0 Å². The molecule has 3 aromatic rings. The lowest BCUT2D eigenvalue weighted by atomic mass is 10.0. The third-order valence-corrected chi connectivity index (χ3v) is 4.33. The number of hydrazone groups is 1. The normalized spacial score (nSPS) is 11.6. The molecule has 144 valence electrons. The van der Waals surface area contributed by atoms with E-state index in [1.165, 1.54) is 5.56 Å². The highest BCUT2D eigenvalue weighted by molar-refractivity contribution is 6.00. The van der Waals surface area contributed by atoms with E-state index in [0.29, 0.717) is 23.0 Å². The number of aromatic amines is 1. The van der Waals surface area contributed by atoms with E-state index >= 15 is 0 Å². The molecule has 6 nitrogen and oxygen atoms in total. The van der Waals surface area contributed by atoms with Crippen LogP contribution in [0.1, 0.15) is 42.4 Å². The average molecular weight is 376 g/mol. The number of H-pyrrole nitrogens is 1. The molecule has 0 fully saturated rings. The van der Waals surface area contributed by atoms with Crippen molar-refractivity contribution in [3.8, 4) is 17.0 Å². The Balaban J connectivity index is 1.66. The fraction of sp³-hybridized carbons (Fsp3) is 0.227. The number of aromatic hydroxyl groups is 1. The van der Waals surface area contributed by atoms with Gasteiger partial charge in [-0.3, -0.25) is 9.89 Å². The Labute approximate surface area is 164 Å². The number of phenolic OH excluding ortho intramolecular Hbond substituents is 1. The molecule has 2 aromatic carbocycles. The zero-order valence-electron chi connectivity index (χ0n) is 16.2. The topological polar surface area (TPSA) is 90.4 Å². The van der Waals surface area contributed by atoms with Crippen molar-refractivity contribution in [2.24, 2.45) is 11.0 Å². The summed E-state index contributed by atoms with van der Waals surface area (Å²) in [7, 11) is 0. The highest BCUT2D eigenvalue weighted by Gasteiger charge is 2.11. The Morgan fingerprint density at radius 2 is 1.82 bits per heavy atom. The van der Waals surface area contributed by atoms with E-state index in [-0.39, 0.29) is 11.7 Å². The van der Waals surface area contributed by atoms with Crippen molar-refractivity contribution in [2.45, 2.75) is 27.2 Å². The van der Waals surface area contributed by atoms with Gasteiger partial charge in [-0.15, -0.1) is 0 Å². The Morgan fingerprint density at radius 1 is 1.14 bits per heavy atom. The molecular weight excluding hydrogens is 352 g/mol. The van der Waals surface area contributed by atoms with E-state index in [1.807, 2.05) is 12.1 Å². The van der Waals surface area contributed by atoms with Gasteiger partial charge in [-0.05, 0) is 60.7 Å². The number of hydrogen-bond donors (Lipinski definition) is 3. The van der Waals surface area contributed by atoms with Gasteiger partial charge < -0.3 is 5.11 Å². The standard InChI is InChI=1S/C22H24N4O2/c1-14(2)12-16-4-6-18(7-5-16)20-13-21(25-24-20)22(28)26-23-15(3)17-8-10-19(27)11-9-17/h4-11,13-14,27H,12H2,1-3H3,(H,24,25)(H,26,28). The van der Waals surface area contributed by atoms with Crippen LogP contribution in [0.5, 0.6) is 5.75 Å². The van der Waals surface area contributed by atoms with Crippen molar-refractivity contribution < 1.29 is 9.90 Å². The number of benzene rings is 2. The van der Waals surface area contributed by atoms with Crippen LogP contribution in [0, 0.1) is 5.92 Å². The second-order valence-corrected chi connectivity index (χ2v) is 7.15. The predicted octanol–water partition coefficient (Wildman–Crippen LogP) is 4.13. The first kappa shape index (κ1) is 19.4. The minimum absolute atomic E-state index is 0.183. The summed E-state index contributed by atoms with van der Waals surface area (Å²) in [5.41, 5.74) is 7.25. The van der Waals surface area contributed by atoms with Crippen LogP contribution in [-0.2, 0) is 6.42 Å². The summed E-state index contributed by atoms with van der Waals surface area (Å²) < 4.78 is 0. The van der Waals surface area contributed by atoms with Crippen molar-refractivity contribution in [2.75, 3.05) is 0 Å². The quantitative estimate of drug-likeness (QED) is 0.446. The van der Waals surface area contributed by atoms with Gasteiger partial charge in [0.1, 0.15) is 11.4 Å². The molecular formula is C22H24N4O2. The molecule has 0 aliphatic rings. The smallest absolute Gasteiger partial charge is 0.289 e. The van der Waals surface area contributed by atoms with Crippen molar-refractivity contribution in [3.05, 3.63) is 71.4 Å². The third kappa shape index (κ3) is 4.85. The Kier molecular flexibility index (Phi) is 5.89. The minimum atomic E-state index is -0.367. The van der Waals surface area contributed by atoms with Crippen LogP contribution in [0.15, 0.2) is 59.7 Å². The van der Waals surface area contributed by atoms with E-state index in [9.17, 15) is 9.90 Å². The minimum Gasteiger partial charge on any atom is -0.508 e. The maximum absolute atomic E-state index is 12.3. The molecule has 1 heterocycles. The summed E-state index contributed by atoms with van der Waals surface area (Å²) in [4.78, 5) is 12.3. The number of aromatic nitrogens is 2. The zero-order valence-corrected chi connectivity index (χ0v) is 16.2. The molecule has 0 saturated carbocycles. The molecule has 3 rings (SSSR count). The number of amides is 1. The Morgan fingerprint density at radius 3 is 2.46 bits per heavy atom. The van der Waals surface area contributed by atoms with E-state index < -0.39 is 0 Å². The summed E-state index contributed by atoms with van der Waals surface area (Å²) in [5, 5.41) is 20.4. The van der Waals surface area contributed by atoms with Gasteiger partial charge in [-0.2, -0.15) is 10.2 Å². The van der Waals surface area contributed by atoms with Crippen molar-refractivity contribution in [1.29, 1.82) is 0 Å². The van der Waals surface area contributed by atoms with Crippen LogP contribution in [0.2, 0.25) is 0 Å². The van der Waals surface area contributed by atoms with Crippen molar-refractivity contribution in [1.82, 2.24) is 15.6 Å². The molecule has 1 aromatic heterocycles. The molecule has 0 saturated heterocycles. The van der Waals surface area contributed by atoms with Crippen molar-refractivity contribution >= 4 is 11.6 Å². The highest BCUT2D eigenvalue weighted by atomic mass is 16.3. The molecule has 0 radical (unpaired) electrons. The SMILES string of the molecule is CC(=NNC(=O)c1cc(-c2ccc(CC(C)C)cc2)n[nH]1)c1ccc(O)cc1. The van der Waals surface area contributed by atoms with Crippen LogP contribution in [0.3, 0.4) is 0 Å². The van der Waals surface area contributed by atoms with Crippen LogP contribution in [0.4, 0.5) is 0 Å². The Bertz CT molecular complexity index is 971. The average Bonchev–Trinajstić information content (AvgIpc) is 3.17. The maximum Gasteiger partial charge on any atom is 0.289 e. The van der Waals surface area contributed by atoms with E-state index in [2.05, 4.69) is 46.7 Å². The number of phenols is 1. The fourth-order valence-corrected chi connectivity index (χ4v) is 2.83. The summed E-state index contributed by atoms with van der Waals surface area (Å²) in [5.74, 6) is 0.424. The first-order valence-electron chi connectivity index (χ1n) is 9.21. The number of nitrogens with one attached hydrogen (secondary N) is 2. The molecule has 3 N–H and O–H groups in total. The summed E-state index contributed by atoms with van der Waals surface area (Å²) in [6.45, 7) is 6.17. The van der Waals surface area contributed by atoms with E-state index in [4.69, 9.17) is 0 Å². The second kappa shape index (κ2) is 8.52. The number of nitrogens with zero attached hydrogens (tertiary/aromatic N) is 2. The first-order valence-corrected chi connectivity index (χ1v) is 9.21. The molecule has 0 aliphatic heterocycles. The van der Waals surface area contributed by atoms with Gasteiger partial charge in [0, 0.05) is 5.56 Å². The highest BCUT2D eigenvalue weighted by Crippen LogP contribution is 2.19. The van der Waals surface area contributed by atoms with Gasteiger partial charge in [0.25, 0.3) is 5.91 Å². The molecule has 0 spiro atoms. The van der Waals surface area contributed by atoms with Gasteiger partial charge in [0.15, 0.2) is 0 Å². The van der Waals surface area contributed by atoms with Crippen LogP contribution >= 0.6 is 0 Å².